The molecule has 0 aromatic heterocycles. The Morgan fingerprint density at radius 3 is 2.54 bits per heavy atom. The van der Waals surface area contributed by atoms with Crippen molar-refractivity contribution in [1.82, 2.24) is 5.32 Å². The number of phenolic OH excluding ortho intramolecular Hbond substituents is 1. The van der Waals surface area contributed by atoms with Crippen LogP contribution in [-0.4, -0.2) is 16.9 Å². The average molecular weight is 354 g/mol. The molecule has 0 atom stereocenters. The maximum atomic E-state index is 12.3. The Kier molecular flexibility index (Phi) is 6.78. The van der Waals surface area contributed by atoms with Gasteiger partial charge in [0, 0.05) is 18.7 Å². The van der Waals surface area contributed by atoms with E-state index >= 15 is 0 Å². The summed E-state index contributed by atoms with van der Waals surface area (Å²) < 4.78 is 0. The molecule has 2 rings (SSSR count). The predicted octanol–water partition coefficient (Wildman–Crippen LogP) is 4.18. The van der Waals surface area contributed by atoms with Gasteiger partial charge in [0.05, 0.1) is 5.56 Å². The number of carbonyl (C=O) groups excluding carboxylic acids is 2. The molecule has 0 radical (unpaired) electrons. The minimum atomic E-state index is -0.335. The highest BCUT2D eigenvalue weighted by atomic mass is 16.3. The molecule has 0 spiro atoms. The average Bonchev–Trinajstić information content (AvgIpc) is 2.60. The van der Waals surface area contributed by atoms with Crippen LogP contribution in [0.3, 0.4) is 0 Å². The van der Waals surface area contributed by atoms with Gasteiger partial charge in [-0.05, 0) is 47.7 Å². The molecule has 0 heterocycles. The zero-order valence-electron chi connectivity index (χ0n) is 15.5. The first-order chi connectivity index (χ1) is 12.4. The van der Waals surface area contributed by atoms with E-state index in [2.05, 4.69) is 10.6 Å². The number of anilines is 1. The minimum Gasteiger partial charge on any atom is -0.507 e. The monoisotopic (exact) mass is 354 g/mol. The molecule has 0 saturated heterocycles. The zero-order chi connectivity index (χ0) is 19.1. The van der Waals surface area contributed by atoms with Crippen molar-refractivity contribution < 1.29 is 14.7 Å². The Morgan fingerprint density at radius 1 is 1.12 bits per heavy atom. The summed E-state index contributed by atoms with van der Waals surface area (Å²) in [6.07, 6.45) is 1.27. The standard InChI is InChI=1S/C21H26N2O3/c1-4-6-20(25)23-17-8-5-7-15(11-17)13-22-21(26)18-10-9-16(14(2)3)12-19(18)24/h5,7-12,14,24H,4,6,13H2,1-3H3,(H,22,26)(H,23,25). The Morgan fingerprint density at radius 2 is 1.88 bits per heavy atom. The molecule has 2 aromatic carbocycles. The van der Waals surface area contributed by atoms with Crippen molar-refractivity contribution in [2.24, 2.45) is 0 Å². The number of aromatic hydroxyl groups is 1. The van der Waals surface area contributed by atoms with Crippen LogP contribution in [0.1, 0.15) is 61.0 Å². The van der Waals surface area contributed by atoms with Crippen LogP contribution >= 0.6 is 0 Å². The smallest absolute Gasteiger partial charge is 0.255 e. The van der Waals surface area contributed by atoms with Crippen LogP contribution in [-0.2, 0) is 11.3 Å². The second-order valence-corrected chi connectivity index (χ2v) is 6.61. The number of phenols is 1. The molecule has 138 valence electrons. The molecule has 0 saturated carbocycles. The van der Waals surface area contributed by atoms with Gasteiger partial charge in [-0.2, -0.15) is 0 Å². The zero-order valence-corrected chi connectivity index (χ0v) is 15.5. The normalized spacial score (nSPS) is 10.6. The van der Waals surface area contributed by atoms with E-state index in [0.29, 0.717) is 18.7 Å². The van der Waals surface area contributed by atoms with Crippen LogP contribution < -0.4 is 10.6 Å². The third-order valence-electron chi connectivity index (χ3n) is 4.07. The quantitative estimate of drug-likeness (QED) is 0.698. The number of hydrogen-bond donors (Lipinski definition) is 3. The first kappa shape index (κ1) is 19.5. The fourth-order valence-electron chi connectivity index (χ4n) is 2.59. The maximum absolute atomic E-state index is 12.3. The molecule has 0 aliphatic rings. The molecule has 5 heteroatoms. The van der Waals surface area contributed by atoms with E-state index in [1.807, 2.05) is 51.1 Å². The summed E-state index contributed by atoms with van der Waals surface area (Å²) in [6.45, 7) is 6.32. The van der Waals surface area contributed by atoms with E-state index in [0.717, 1.165) is 17.5 Å². The molecular formula is C21H26N2O3. The Bertz CT molecular complexity index is 785. The van der Waals surface area contributed by atoms with Crippen molar-refractivity contribution in [3.63, 3.8) is 0 Å². The van der Waals surface area contributed by atoms with Gasteiger partial charge in [0.25, 0.3) is 5.91 Å². The number of amides is 2. The molecule has 3 N–H and O–H groups in total. The lowest BCUT2D eigenvalue weighted by molar-refractivity contribution is -0.116. The number of hydrogen-bond acceptors (Lipinski definition) is 3. The second kappa shape index (κ2) is 9.04. The summed E-state index contributed by atoms with van der Waals surface area (Å²) in [6, 6.07) is 12.5. The molecule has 0 aliphatic heterocycles. The Balaban J connectivity index is 2.00. The first-order valence-electron chi connectivity index (χ1n) is 8.90. The van der Waals surface area contributed by atoms with Gasteiger partial charge in [-0.15, -0.1) is 0 Å². The lowest BCUT2D eigenvalue weighted by Gasteiger charge is -2.11. The fraction of sp³-hybridized carbons (Fsp3) is 0.333. The van der Waals surface area contributed by atoms with Crippen molar-refractivity contribution in [3.8, 4) is 5.75 Å². The summed E-state index contributed by atoms with van der Waals surface area (Å²) in [5.74, 6) is -0.0972. The summed E-state index contributed by atoms with van der Waals surface area (Å²) >= 11 is 0. The SMILES string of the molecule is CCCC(=O)Nc1cccc(CNC(=O)c2ccc(C(C)C)cc2O)c1. The third-order valence-corrected chi connectivity index (χ3v) is 4.07. The molecule has 0 aliphatic carbocycles. The Labute approximate surface area is 154 Å². The predicted molar refractivity (Wildman–Crippen MR) is 103 cm³/mol. The van der Waals surface area contributed by atoms with Crippen molar-refractivity contribution in [2.45, 2.75) is 46.1 Å². The van der Waals surface area contributed by atoms with Crippen molar-refractivity contribution in [3.05, 3.63) is 59.2 Å². The van der Waals surface area contributed by atoms with Gasteiger partial charge < -0.3 is 15.7 Å². The summed E-state index contributed by atoms with van der Waals surface area (Å²) in [7, 11) is 0. The van der Waals surface area contributed by atoms with E-state index in [4.69, 9.17) is 0 Å². The van der Waals surface area contributed by atoms with E-state index in [9.17, 15) is 14.7 Å². The molecule has 2 aromatic rings. The Hall–Kier alpha value is -2.82. The molecule has 5 nitrogen and oxygen atoms in total. The summed E-state index contributed by atoms with van der Waals surface area (Å²) in [5.41, 5.74) is 2.81. The van der Waals surface area contributed by atoms with Gasteiger partial charge >= 0.3 is 0 Å². The number of rotatable bonds is 7. The lowest BCUT2D eigenvalue weighted by Crippen LogP contribution is -2.23. The molecular weight excluding hydrogens is 328 g/mol. The highest BCUT2D eigenvalue weighted by molar-refractivity contribution is 5.97. The number of benzene rings is 2. The highest BCUT2D eigenvalue weighted by Gasteiger charge is 2.12. The molecule has 0 unspecified atom stereocenters. The lowest BCUT2D eigenvalue weighted by atomic mass is 10.0. The van der Waals surface area contributed by atoms with Crippen LogP contribution in [0.15, 0.2) is 42.5 Å². The van der Waals surface area contributed by atoms with E-state index < -0.39 is 0 Å². The van der Waals surface area contributed by atoms with Gasteiger partial charge in [0.15, 0.2) is 0 Å². The number of carbonyl (C=O) groups is 2. The molecule has 2 amide bonds. The van der Waals surface area contributed by atoms with Crippen molar-refractivity contribution in [1.29, 1.82) is 0 Å². The van der Waals surface area contributed by atoms with Crippen LogP contribution in [0.2, 0.25) is 0 Å². The van der Waals surface area contributed by atoms with Gasteiger partial charge in [0.2, 0.25) is 5.91 Å². The van der Waals surface area contributed by atoms with E-state index in [1.165, 1.54) is 0 Å². The van der Waals surface area contributed by atoms with Crippen LogP contribution in [0, 0.1) is 0 Å². The molecule has 0 bridgehead atoms. The van der Waals surface area contributed by atoms with Gasteiger partial charge in [-0.25, -0.2) is 0 Å². The largest absolute Gasteiger partial charge is 0.507 e. The summed E-state index contributed by atoms with van der Waals surface area (Å²) in [5, 5.41) is 15.7. The van der Waals surface area contributed by atoms with E-state index in [-0.39, 0.29) is 29.0 Å². The fourth-order valence-corrected chi connectivity index (χ4v) is 2.59. The maximum Gasteiger partial charge on any atom is 0.255 e. The second-order valence-electron chi connectivity index (χ2n) is 6.61. The van der Waals surface area contributed by atoms with Crippen molar-refractivity contribution in [2.75, 3.05) is 5.32 Å². The topological polar surface area (TPSA) is 78.4 Å². The van der Waals surface area contributed by atoms with Gasteiger partial charge in [-0.1, -0.05) is 39.0 Å². The first-order valence-corrected chi connectivity index (χ1v) is 8.90. The van der Waals surface area contributed by atoms with E-state index in [1.54, 1.807) is 12.1 Å². The highest BCUT2D eigenvalue weighted by Crippen LogP contribution is 2.23. The minimum absolute atomic E-state index is 0.0192. The molecule has 0 fully saturated rings. The van der Waals surface area contributed by atoms with Crippen LogP contribution in [0.5, 0.6) is 5.75 Å². The summed E-state index contributed by atoms with van der Waals surface area (Å²) in [4.78, 5) is 24.0. The van der Waals surface area contributed by atoms with Gasteiger partial charge in [0.1, 0.15) is 5.75 Å². The molecule has 26 heavy (non-hydrogen) atoms. The van der Waals surface area contributed by atoms with Crippen LogP contribution in [0.25, 0.3) is 0 Å². The third kappa shape index (κ3) is 5.34. The van der Waals surface area contributed by atoms with Crippen molar-refractivity contribution >= 4 is 17.5 Å². The van der Waals surface area contributed by atoms with Gasteiger partial charge in [-0.3, -0.25) is 9.59 Å². The number of nitrogens with one attached hydrogen (secondary N) is 2. The van der Waals surface area contributed by atoms with Crippen LogP contribution in [0.4, 0.5) is 5.69 Å².